The van der Waals surface area contributed by atoms with E-state index in [1.165, 1.54) is 70.6 Å². The maximum atomic E-state index is 11.8. The molecule has 0 unspecified atom stereocenters. The second-order valence-corrected chi connectivity index (χ2v) is 6.79. The molecule has 0 saturated carbocycles. The summed E-state index contributed by atoms with van der Waals surface area (Å²) in [7, 11) is 0. The fourth-order valence-corrected chi connectivity index (χ4v) is 2.96. The number of nitrogens with one attached hydrogen (secondary N) is 1. The summed E-state index contributed by atoms with van der Waals surface area (Å²) in [5, 5.41) is 3.01. The predicted molar refractivity (Wildman–Crippen MR) is 101 cm³/mol. The van der Waals surface area contributed by atoms with E-state index < -0.39 is 0 Å². The van der Waals surface area contributed by atoms with E-state index in [1.54, 1.807) is 0 Å². The molecule has 0 aliphatic heterocycles. The predicted octanol–water partition coefficient (Wildman–Crippen LogP) is 4.79. The Labute approximate surface area is 148 Å². The second kappa shape index (κ2) is 15.2. The molecule has 0 bridgehead atoms. The van der Waals surface area contributed by atoms with Gasteiger partial charge in [-0.3, -0.25) is 4.79 Å². The minimum atomic E-state index is 0.106. The Morgan fingerprint density at radius 1 is 0.750 bits per heavy atom. The van der Waals surface area contributed by atoms with Gasteiger partial charge in [0.25, 0.3) is 5.91 Å². The number of carbonyl (C=O) groups excluding carboxylic acids is 1. The van der Waals surface area contributed by atoms with Crippen molar-refractivity contribution in [3.8, 4) is 0 Å². The van der Waals surface area contributed by atoms with Crippen LogP contribution in [0, 0.1) is 0 Å². The highest BCUT2D eigenvalue weighted by molar-refractivity contribution is 5.74. The standard InChI is InChI=1S/C21H36N2O/c1-2-3-4-5-6-7-8-9-10-11-12-14-17-22-21(24)20-23-18-15-13-16-19-23/h13,15-16,18-19H,2-12,14,17,20H2,1H3/p+1. The van der Waals surface area contributed by atoms with Crippen molar-refractivity contribution in [2.24, 2.45) is 0 Å². The molecular weight excluding hydrogens is 296 g/mol. The third-order valence-electron chi connectivity index (χ3n) is 4.46. The molecule has 136 valence electrons. The zero-order valence-corrected chi connectivity index (χ0v) is 15.6. The van der Waals surface area contributed by atoms with E-state index in [0.29, 0.717) is 6.54 Å². The van der Waals surface area contributed by atoms with Gasteiger partial charge in [0.2, 0.25) is 6.54 Å². The molecular formula is C21H37N2O+. The van der Waals surface area contributed by atoms with E-state index in [1.807, 2.05) is 35.2 Å². The van der Waals surface area contributed by atoms with E-state index in [9.17, 15) is 4.79 Å². The number of nitrogens with zero attached hydrogens (tertiary/aromatic N) is 1. The molecule has 1 N–H and O–H groups in total. The molecule has 1 rings (SSSR count). The molecule has 24 heavy (non-hydrogen) atoms. The third kappa shape index (κ3) is 12.1. The molecule has 1 aromatic rings. The van der Waals surface area contributed by atoms with E-state index in [2.05, 4.69) is 12.2 Å². The highest BCUT2D eigenvalue weighted by Gasteiger charge is 2.06. The second-order valence-electron chi connectivity index (χ2n) is 6.79. The average molecular weight is 334 g/mol. The number of hydrogen-bond acceptors (Lipinski definition) is 1. The molecule has 1 aromatic heterocycles. The third-order valence-corrected chi connectivity index (χ3v) is 4.46. The SMILES string of the molecule is CCCCCCCCCCCCCCNC(=O)C[n+]1ccccc1. The molecule has 0 spiro atoms. The van der Waals surface area contributed by atoms with Gasteiger partial charge in [0.15, 0.2) is 12.4 Å². The topological polar surface area (TPSA) is 33.0 Å². The number of hydrogen-bond donors (Lipinski definition) is 1. The van der Waals surface area contributed by atoms with Crippen LogP contribution in [0.1, 0.15) is 84.0 Å². The van der Waals surface area contributed by atoms with Gasteiger partial charge in [-0.15, -0.1) is 0 Å². The average Bonchev–Trinajstić information content (AvgIpc) is 2.60. The lowest BCUT2D eigenvalue weighted by molar-refractivity contribution is -0.684. The van der Waals surface area contributed by atoms with Crippen molar-refractivity contribution in [1.29, 1.82) is 0 Å². The quantitative estimate of drug-likeness (QED) is 0.363. The van der Waals surface area contributed by atoms with Crippen LogP contribution in [0.3, 0.4) is 0 Å². The minimum absolute atomic E-state index is 0.106. The smallest absolute Gasteiger partial charge is 0.285 e. The van der Waals surface area contributed by atoms with Crippen LogP contribution >= 0.6 is 0 Å². The number of unbranched alkanes of at least 4 members (excludes halogenated alkanes) is 11. The highest BCUT2D eigenvalue weighted by Crippen LogP contribution is 2.11. The van der Waals surface area contributed by atoms with Crippen molar-refractivity contribution in [2.45, 2.75) is 90.5 Å². The van der Waals surface area contributed by atoms with Crippen LogP contribution in [-0.4, -0.2) is 12.5 Å². The first kappa shape index (κ1) is 20.7. The van der Waals surface area contributed by atoms with Gasteiger partial charge < -0.3 is 5.32 Å². The zero-order valence-electron chi connectivity index (χ0n) is 15.6. The van der Waals surface area contributed by atoms with Crippen LogP contribution in [0.4, 0.5) is 0 Å². The lowest BCUT2D eigenvalue weighted by Crippen LogP contribution is -2.42. The van der Waals surface area contributed by atoms with Crippen molar-refractivity contribution in [2.75, 3.05) is 6.54 Å². The summed E-state index contributed by atoms with van der Waals surface area (Å²) in [6, 6.07) is 5.85. The van der Waals surface area contributed by atoms with E-state index in [4.69, 9.17) is 0 Å². The summed E-state index contributed by atoms with van der Waals surface area (Å²) in [5.74, 6) is 0.106. The summed E-state index contributed by atoms with van der Waals surface area (Å²) < 4.78 is 1.90. The van der Waals surface area contributed by atoms with Crippen LogP contribution in [0.5, 0.6) is 0 Å². The van der Waals surface area contributed by atoms with Gasteiger partial charge in [-0.1, -0.05) is 83.6 Å². The molecule has 0 radical (unpaired) electrons. The molecule has 0 saturated heterocycles. The van der Waals surface area contributed by atoms with Gasteiger partial charge >= 0.3 is 0 Å². The first-order valence-electron chi connectivity index (χ1n) is 10.0. The molecule has 1 heterocycles. The number of amides is 1. The largest absolute Gasteiger partial charge is 0.351 e. The van der Waals surface area contributed by atoms with E-state index in [-0.39, 0.29) is 5.91 Å². The van der Waals surface area contributed by atoms with E-state index in [0.717, 1.165) is 13.0 Å². The fourth-order valence-electron chi connectivity index (χ4n) is 2.96. The van der Waals surface area contributed by atoms with Crippen LogP contribution in [0.15, 0.2) is 30.6 Å². The van der Waals surface area contributed by atoms with Crippen LogP contribution in [0.25, 0.3) is 0 Å². The lowest BCUT2D eigenvalue weighted by Gasteiger charge is -2.04. The van der Waals surface area contributed by atoms with Crippen molar-refractivity contribution in [3.05, 3.63) is 30.6 Å². The number of carbonyl (C=O) groups is 1. The molecule has 3 heteroatoms. The fraction of sp³-hybridized carbons (Fsp3) is 0.714. The van der Waals surface area contributed by atoms with Gasteiger partial charge in [0, 0.05) is 18.7 Å². The lowest BCUT2D eigenvalue weighted by atomic mass is 10.1. The van der Waals surface area contributed by atoms with Gasteiger partial charge in [0.1, 0.15) is 0 Å². The summed E-state index contributed by atoms with van der Waals surface area (Å²) in [6.45, 7) is 3.50. The van der Waals surface area contributed by atoms with Crippen molar-refractivity contribution in [1.82, 2.24) is 5.32 Å². The summed E-state index contributed by atoms with van der Waals surface area (Å²) in [5.41, 5.74) is 0. The number of aromatic nitrogens is 1. The Balaban J connectivity index is 1.81. The summed E-state index contributed by atoms with van der Waals surface area (Å²) in [6.07, 6.45) is 20.0. The van der Waals surface area contributed by atoms with Crippen LogP contribution < -0.4 is 9.88 Å². The molecule has 0 aromatic carbocycles. The van der Waals surface area contributed by atoms with Gasteiger partial charge in [-0.05, 0) is 6.42 Å². The first-order valence-corrected chi connectivity index (χ1v) is 10.0. The minimum Gasteiger partial charge on any atom is -0.351 e. The molecule has 0 aliphatic rings. The molecule has 0 fully saturated rings. The Hall–Kier alpha value is -1.38. The monoisotopic (exact) mass is 333 g/mol. The molecule has 1 amide bonds. The normalized spacial score (nSPS) is 10.7. The van der Waals surface area contributed by atoms with E-state index >= 15 is 0 Å². The maximum absolute atomic E-state index is 11.8. The molecule has 0 aliphatic carbocycles. The summed E-state index contributed by atoms with van der Waals surface area (Å²) in [4.78, 5) is 11.8. The Morgan fingerprint density at radius 3 is 1.79 bits per heavy atom. The van der Waals surface area contributed by atoms with Crippen LogP contribution in [-0.2, 0) is 11.3 Å². The van der Waals surface area contributed by atoms with Crippen molar-refractivity contribution in [3.63, 3.8) is 0 Å². The Bertz CT molecular complexity index is 406. The summed E-state index contributed by atoms with van der Waals surface area (Å²) >= 11 is 0. The van der Waals surface area contributed by atoms with Crippen molar-refractivity contribution < 1.29 is 9.36 Å². The Kier molecular flexibility index (Phi) is 13.1. The molecule has 3 nitrogen and oxygen atoms in total. The van der Waals surface area contributed by atoms with Gasteiger partial charge in [-0.2, -0.15) is 4.57 Å². The van der Waals surface area contributed by atoms with Crippen LogP contribution in [0.2, 0.25) is 0 Å². The van der Waals surface area contributed by atoms with Gasteiger partial charge in [-0.25, -0.2) is 0 Å². The Morgan fingerprint density at radius 2 is 1.25 bits per heavy atom. The molecule has 0 atom stereocenters. The van der Waals surface area contributed by atoms with Crippen molar-refractivity contribution >= 4 is 5.91 Å². The zero-order chi connectivity index (χ0) is 17.3. The highest BCUT2D eigenvalue weighted by atomic mass is 16.1. The number of rotatable bonds is 15. The maximum Gasteiger partial charge on any atom is 0.285 e. The van der Waals surface area contributed by atoms with Gasteiger partial charge in [0.05, 0.1) is 0 Å². The number of pyridine rings is 1. The first-order chi connectivity index (χ1) is 11.8.